The smallest absolute Gasteiger partial charge is 0.414 e. The summed E-state index contributed by atoms with van der Waals surface area (Å²) in [6, 6.07) is 10.8. The molecule has 1 spiro atoms. The van der Waals surface area contributed by atoms with Crippen LogP contribution in [0, 0.1) is 0 Å². The average Bonchev–Trinajstić information content (AvgIpc) is 3.34. The second kappa shape index (κ2) is 6.77. The van der Waals surface area contributed by atoms with Gasteiger partial charge < -0.3 is 9.64 Å². The van der Waals surface area contributed by atoms with E-state index in [2.05, 4.69) is 4.98 Å². The maximum atomic E-state index is 14.0. The number of rotatable bonds is 1. The van der Waals surface area contributed by atoms with Crippen LogP contribution in [0.2, 0.25) is 0 Å². The minimum atomic E-state index is -1.66. The van der Waals surface area contributed by atoms with Gasteiger partial charge in [0.15, 0.2) is 0 Å². The number of carbonyl (C=O) groups is 3. The first kappa shape index (κ1) is 20.4. The van der Waals surface area contributed by atoms with Gasteiger partial charge in [0.25, 0.3) is 5.91 Å². The van der Waals surface area contributed by atoms with Crippen molar-refractivity contribution < 1.29 is 19.1 Å². The van der Waals surface area contributed by atoms with E-state index < -0.39 is 23.5 Å². The van der Waals surface area contributed by atoms with Crippen LogP contribution < -0.4 is 4.90 Å². The number of amides is 3. The molecule has 5 rings (SSSR count). The summed E-state index contributed by atoms with van der Waals surface area (Å²) in [5.41, 5.74) is -0.478. The van der Waals surface area contributed by atoms with Gasteiger partial charge in [0, 0.05) is 38.0 Å². The number of hydrogen-bond donors (Lipinski definition) is 0. The fourth-order valence-electron chi connectivity index (χ4n) is 4.93. The van der Waals surface area contributed by atoms with E-state index in [0.29, 0.717) is 17.8 Å². The molecule has 3 aliphatic heterocycles. The number of anilines is 1. The highest BCUT2D eigenvalue weighted by molar-refractivity contribution is 6.10. The van der Waals surface area contributed by atoms with Crippen molar-refractivity contribution in [3.63, 3.8) is 0 Å². The Bertz CT molecular complexity index is 1110. The Labute approximate surface area is 186 Å². The van der Waals surface area contributed by atoms with Crippen molar-refractivity contribution in [3.05, 3.63) is 59.9 Å². The molecule has 1 aromatic carbocycles. The lowest BCUT2D eigenvalue weighted by Crippen LogP contribution is -2.60. The lowest BCUT2D eigenvalue weighted by Gasteiger charge is -2.38. The van der Waals surface area contributed by atoms with Crippen molar-refractivity contribution in [1.82, 2.24) is 19.9 Å². The molecule has 0 aliphatic carbocycles. The van der Waals surface area contributed by atoms with Crippen molar-refractivity contribution in [2.45, 2.75) is 44.6 Å². The Hall–Kier alpha value is -3.46. The molecule has 0 N–H and O–H groups in total. The maximum Gasteiger partial charge on any atom is 0.414 e. The molecule has 4 heterocycles. The highest BCUT2D eigenvalue weighted by Gasteiger charge is 2.71. The van der Waals surface area contributed by atoms with Crippen molar-refractivity contribution in [2.75, 3.05) is 18.5 Å². The topological polar surface area (TPSA) is 86.3 Å². The number of ether oxygens (including phenoxy) is 1. The van der Waals surface area contributed by atoms with Gasteiger partial charge in [-0.25, -0.2) is 14.7 Å². The number of hydrogen-bond acceptors (Lipinski definition) is 6. The van der Waals surface area contributed by atoms with Crippen LogP contribution in [-0.2, 0) is 20.0 Å². The SMILES string of the molecule is CN1C(=O)[C@@]2(c3ccccc31)N(C(=O)OC(C)(C)C)[C@H](c1ccncc1)N1CCC(=O)N12. The lowest BCUT2D eigenvalue weighted by atomic mass is 9.97. The second-order valence-corrected chi connectivity index (χ2v) is 9.18. The van der Waals surface area contributed by atoms with Crippen LogP contribution >= 0.6 is 0 Å². The first-order valence-corrected chi connectivity index (χ1v) is 10.6. The summed E-state index contributed by atoms with van der Waals surface area (Å²) < 4.78 is 5.80. The molecule has 32 heavy (non-hydrogen) atoms. The minimum absolute atomic E-state index is 0.214. The van der Waals surface area contributed by atoms with Crippen LogP contribution in [0.5, 0.6) is 0 Å². The van der Waals surface area contributed by atoms with E-state index in [1.165, 1.54) is 14.8 Å². The number of benzene rings is 1. The van der Waals surface area contributed by atoms with E-state index in [9.17, 15) is 14.4 Å². The first-order valence-electron chi connectivity index (χ1n) is 10.6. The van der Waals surface area contributed by atoms with Gasteiger partial charge in [0.1, 0.15) is 11.8 Å². The first-order chi connectivity index (χ1) is 15.2. The van der Waals surface area contributed by atoms with E-state index in [1.807, 2.05) is 18.2 Å². The molecule has 2 saturated heterocycles. The van der Waals surface area contributed by atoms with Gasteiger partial charge in [0.05, 0.1) is 5.69 Å². The Morgan fingerprint density at radius 3 is 2.50 bits per heavy atom. The molecule has 9 nitrogen and oxygen atoms in total. The monoisotopic (exact) mass is 435 g/mol. The molecule has 9 heteroatoms. The van der Waals surface area contributed by atoms with Crippen molar-refractivity contribution >= 4 is 23.6 Å². The van der Waals surface area contributed by atoms with E-state index in [1.54, 1.807) is 63.4 Å². The zero-order chi connectivity index (χ0) is 22.8. The van der Waals surface area contributed by atoms with Gasteiger partial charge in [-0.15, -0.1) is 0 Å². The molecule has 1 aromatic heterocycles. The predicted molar refractivity (Wildman–Crippen MR) is 115 cm³/mol. The summed E-state index contributed by atoms with van der Waals surface area (Å²) in [5.74, 6) is -0.588. The third-order valence-electron chi connectivity index (χ3n) is 6.07. The molecule has 166 valence electrons. The Kier molecular flexibility index (Phi) is 4.32. The van der Waals surface area contributed by atoms with Gasteiger partial charge in [-0.2, -0.15) is 5.01 Å². The predicted octanol–water partition coefficient (Wildman–Crippen LogP) is 2.61. The fourth-order valence-corrected chi connectivity index (χ4v) is 4.93. The van der Waals surface area contributed by atoms with Crippen LogP contribution in [0.4, 0.5) is 10.5 Å². The van der Waals surface area contributed by atoms with E-state index >= 15 is 0 Å². The van der Waals surface area contributed by atoms with Crippen molar-refractivity contribution in [2.24, 2.45) is 0 Å². The number of nitrogens with zero attached hydrogens (tertiary/aromatic N) is 5. The number of fused-ring (bicyclic) bond motifs is 4. The summed E-state index contributed by atoms with van der Waals surface area (Å²) in [7, 11) is 1.66. The highest BCUT2D eigenvalue weighted by Crippen LogP contribution is 2.56. The third-order valence-corrected chi connectivity index (χ3v) is 6.07. The summed E-state index contributed by atoms with van der Waals surface area (Å²) in [4.78, 5) is 48.0. The summed E-state index contributed by atoms with van der Waals surface area (Å²) in [6.07, 6.45) is 2.14. The Morgan fingerprint density at radius 2 is 1.81 bits per heavy atom. The Balaban J connectivity index is 1.80. The van der Waals surface area contributed by atoms with E-state index in [-0.39, 0.29) is 18.2 Å². The zero-order valence-electron chi connectivity index (χ0n) is 18.5. The molecule has 2 aromatic rings. The number of likely N-dealkylation sites (N-methyl/N-ethyl adjacent to an activating group) is 1. The molecule has 0 unspecified atom stereocenters. The fraction of sp³-hybridized carbons (Fsp3) is 0.391. The molecule has 0 radical (unpaired) electrons. The summed E-state index contributed by atoms with van der Waals surface area (Å²) in [6.45, 7) is 5.71. The minimum Gasteiger partial charge on any atom is -0.444 e. The van der Waals surface area contributed by atoms with Gasteiger partial charge in [-0.05, 0) is 44.5 Å². The molecular weight excluding hydrogens is 410 g/mol. The third kappa shape index (κ3) is 2.60. The summed E-state index contributed by atoms with van der Waals surface area (Å²) in [5, 5.41) is 3.27. The Morgan fingerprint density at radius 1 is 1.12 bits per heavy atom. The molecule has 0 saturated carbocycles. The lowest BCUT2D eigenvalue weighted by molar-refractivity contribution is -0.157. The normalized spacial score (nSPS) is 25.0. The van der Waals surface area contributed by atoms with Crippen LogP contribution in [0.15, 0.2) is 48.8 Å². The molecule has 0 bridgehead atoms. The number of aromatic nitrogens is 1. The van der Waals surface area contributed by atoms with Crippen LogP contribution in [0.25, 0.3) is 0 Å². The number of para-hydroxylation sites is 1. The van der Waals surface area contributed by atoms with Crippen molar-refractivity contribution in [1.29, 1.82) is 0 Å². The summed E-state index contributed by atoms with van der Waals surface area (Å²) >= 11 is 0. The van der Waals surface area contributed by atoms with Crippen LogP contribution in [-0.4, -0.2) is 57.0 Å². The van der Waals surface area contributed by atoms with Crippen LogP contribution in [0.3, 0.4) is 0 Å². The van der Waals surface area contributed by atoms with Crippen molar-refractivity contribution in [3.8, 4) is 0 Å². The molecular formula is C23H25N5O4. The van der Waals surface area contributed by atoms with Crippen LogP contribution in [0.1, 0.15) is 44.5 Å². The second-order valence-electron chi connectivity index (χ2n) is 9.18. The molecule has 2 fully saturated rings. The number of carbonyl (C=O) groups excluding carboxylic acids is 3. The van der Waals surface area contributed by atoms with Gasteiger partial charge >= 0.3 is 6.09 Å². The van der Waals surface area contributed by atoms with Gasteiger partial charge in [-0.1, -0.05) is 18.2 Å². The van der Waals surface area contributed by atoms with E-state index in [4.69, 9.17) is 4.74 Å². The van der Waals surface area contributed by atoms with Gasteiger partial charge in [0.2, 0.25) is 11.6 Å². The number of hydrazine groups is 1. The highest BCUT2D eigenvalue weighted by atomic mass is 16.6. The quantitative estimate of drug-likeness (QED) is 0.685. The maximum absolute atomic E-state index is 14.0. The number of pyridine rings is 1. The standard InChI is InChI=1S/C23H25N5O4/c1-22(2,3)32-21(31)27-19(15-9-12-24-13-10-15)26-14-11-18(29)28(26)23(27)16-7-5-6-8-17(16)25(4)20(23)30/h5-10,12-13,19H,11,14H2,1-4H3/t19-,23+/m1/s1. The zero-order valence-corrected chi connectivity index (χ0v) is 18.5. The molecule has 3 aliphatic rings. The largest absolute Gasteiger partial charge is 0.444 e. The molecule has 2 atom stereocenters. The average molecular weight is 435 g/mol. The van der Waals surface area contributed by atoms with E-state index in [0.717, 1.165) is 5.56 Å². The molecule has 3 amide bonds. The van der Waals surface area contributed by atoms with Gasteiger partial charge in [-0.3, -0.25) is 14.6 Å².